The molecule has 4 aromatic rings. The molecule has 0 atom stereocenters. The summed E-state index contributed by atoms with van der Waals surface area (Å²) in [6.07, 6.45) is 15.6. The van der Waals surface area contributed by atoms with Gasteiger partial charge in [0, 0.05) is 9.40 Å². The molecule has 0 unspecified atom stereocenters. The van der Waals surface area contributed by atoms with E-state index in [4.69, 9.17) is 9.47 Å². The number of benzene rings is 2. The molecule has 208 valence electrons. The molecule has 2 heterocycles. The molecule has 39 heavy (non-hydrogen) atoms. The second-order valence-corrected chi connectivity index (χ2v) is 12.9. The minimum Gasteiger partial charge on any atom is -0.497 e. The van der Waals surface area contributed by atoms with Crippen LogP contribution in [-0.4, -0.2) is 25.3 Å². The van der Waals surface area contributed by atoms with Gasteiger partial charge in [0.1, 0.15) is 16.4 Å². The molecule has 0 aliphatic heterocycles. The maximum absolute atomic E-state index is 11.7. The Kier molecular flexibility index (Phi) is 9.46. The summed E-state index contributed by atoms with van der Waals surface area (Å²) < 4.78 is 12.9. The fraction of sp³-hybridized carbons (Fsp3) is 0.485. The maximum atomic E-state index is 11.7. The summed E-state index contributed by atoms with van der Waals surface area (Å²) in [6.45, 7) is 0. The van der Waals surface area contributed by atoms with Crippen molar-refractivity contribution in [3.8, 4) is 11.5 Å². The van der Waals surface area contributed by atoms with Crippen molar-refractivity contribution < 1.29 is 19.4 Å². The van der Waals surface area contributed by atoms with Gasteiger partial charge in [0.25, 0.3) is 0 Å². The normalized spacial score (nSPS) is 17.3. The molecule has 4 nitrogen and oxygen atoms in total. The molecule has 2 aromatic carbocycles. The molecule has 0 bridgehead atoms. The molecule has 2 aliphatic carbocycles. The number of thiophene rings is 2. The van der Waals surface area contributed by atoms with Gasteiger partial charge in [-0.15, -0.1) is 22.7 Å². The number of hydrogen-bond acceptors (Lipinski definition) is 5. The Morgan fingerprint density at radius 1 is 0.744 bits per heavy atom. The van der Waals surface area contributed by atoms with Crippen molar-refractivity contribution in [3.05, 3.63) is 57.8 Å². The maximum Gasteiger partial charge on any atom is 0.346 e. The van der Waals surface area contributed by atoms with Gasteiger partial charge in [-0.2, -0.15) is 0 Å². The third-order valence-electron chi connectivity index (χ3n) is 8.50. The van der Waals surface area contributed by atoms with Crippen LogP contribution < -0.4 is 9.47 Å². The average Bonchev–Trinajstić information content (AvgIpc) is 3.28. The van der Waals surface area contributed by atoms with Gasteiger partial charge in [0.2, 0.25) is 0 Å². The number of rotatable bonds is 5. The third-order valence-corrected chi connectivity index (χ3v) is 10.6. The van der Waals surface area contributed by atoms with Crippen molar-refractivity contribution in [3.63, 3.8) is 0 Å². The average molecular weight is 565 g/mol. The highest BCUT2D eigenvalue weighted by Crippen LogP contribution is 2.43. The summed E-state index contributed by atoms with van der Waals surface area (Å²) in [6, 6.07) is 12.4. The molecule has 0 spiro atoms. The monoisotopic (exact) mass is 564 g/mol. The van der Waals surface area contributed by atoms with Crippen LogP contribution in [0.1, 0.15) is 110 Å². The largest absolute Gasteiger partial charge is 0.497 e. The van der Waals surface area contributed by atoms with Crippen LogP contribution in [0.5, 0.6) is 11.5 Å². The molecule has 6 heteroatoms. The Labute approximate surface area is 240 Å². The molecule has 2 saturated carbocycles. The molecule has 0 saturated heterocycles. The predicted molar refractivity (Wildman–Crippen MR) is 165 cm³/mol. The molecule has 1 N–H and O–H groups in total. The highest BCUT2D eigenvalue weighted by molar-refractivity contribution is 7.21. The van der Waals surface area contributed by atoms with Crippen LogP contribution in [0.3, 0.4) is 0 Å². The Balaban J connectivity index is 0.000000160. The van der Waals surface area contributed by atoms with Crippen molar-refractivity contribution in [2.24, 2.45) is 0 Å². The van der Waals surface area contributed by atoms with Crippen LogP contribution in [-0.2, 0) is 0 Å². The van der Waals surface area contributed by atoms with Gasteiger partial charge in [-0.05, 0) is 101 Å². The zero-order valence-electron chi connectivity index (χ0n) is 23.2. The van der Waals surface area contributed by atoms with E-state index < -0.39 is 5.97 Å². The zero-order chi connectivity index (χ0) is 27.2. The number of aromatic carboxylic acids is 1. The van der Waals surface area contributed by atoms with Crippen LogP contribution in [0.4, 0.5) is 0 Å². The van der Waals surface area contributed by atoms with Crippen molar-refractivity contribution in [1.29, 1.82) is 0 Å². The Morgan fingerprint density at radius 3 is 1.85 bits per heavy atom. The Hall–Kier alpha value is -2.57. The lowest BCUT2D eigenvalue weighted by molar-refractivity contribution is 0.0700. The van der Waals surface area contributed by atoms with Crippen LogP contribution >= 0.6 is 22.7 Å². The van der Waals surface area contributed by atoms with Crippen LogP contribution in [0.25, 0.3) is 20.2 Å². The van der Waals surface area contributed by atoms with E-state index in [-0.39, 0.29) is 0 Å². The van der Waals surface area contributed by atoms with E-state index in [2.05, 4.69) is 23.6 Å². The van der Waals surface area contributed by atoms with Gasteiger partial charge in [-0.1, -0.05) is 51.4 Å². The lowest BCUT2D eigenvalue weighted by Crippen LogP contribution is -2.04. The fourth-order valence-electron chi connectivity index (χ4n) is 6.42. The van der Waals surface area contributed by atoms with Crippen molar-refractivity contribution in [1.82, 2.24) is 0 Å². The van der Waals surface area contributed by atoms with Crippen LogP contribution in [0.15, 0.2) is 41.8 Å². The summed E-state index contributed by atoms with van der Waals surface area (Å²) in [5.74, 6) is 2.13. The van der Waals surface area contributed by atoms with E-state index in [0.717, 1.165) is 45.9 Å². The number of ether oxygens (including phenoxy) is 2. The van der Waals surface area contributed by atoms with Gasteiger partial charge in [-0.25, -0.2) is 4.79 Å². The second-order valence-electron chi connectivity index (χ2n) is 10.9. The van der Waals surface area contributed by atoms with Crippen LogP contribution in [0, 0.1) is 0 Å². The first-order valence-corrected chi connectivity index (χ1v) is 16.2. The smallest absolute Gasteiger partial charge is 0.346 e. The first kappa shape index (κ1) is 28.0. The van der Waals surface area contributed by atoms with E-state index >= 15 is 0 Å². The van der Waals surface area contributed by atoms with Crippen molar-refractivity contribution in [2.45, 2.75) is 88.9 Å². The van der Waals surface area contributed by atoms with Crippen molar-refractivity contribution in [2.75, 3.05) is 14.2 Å². The Morgan fingerprint density at radius 2 is 1.28 bits per heavy atom. The van der Waals surface area contributed by atoms with E-state index in [1.54, 1.807) is 19.8 Å². The number of methoxy groups -OCH3 is 2. The van der Waals surface area contributed by atoms with Gasteiger partial charge >= 0.3 is 5.97 Å². The van der Waals surface area contributed by atoms with Crippen LogP contribution in [0.2, 0.25) is 0 Å². The van der Waals surface area contributed by atoms with E-state index in [9.17, 15) is 9.90 Å². The molecular formula is C33H40O4S2. The molecular weight excluding hydrogens is 524 g/mol. The summed E-state index contributed by atoms with van der Waals surface area (Å²) in [7, 11) is 3.38. The third kappa shape index (κ3) is 6.44. The number of carboxylic acid groups (broad SMARTS) is 1. The standard InChI is InChI=1S/C17H20O3S.C16H20OS/c1-20-12-8-9-13-14(10-12)21-16(17(18)19)15(13)11-6-4-2-3-5-7-11;1-17-13-8-9-14-15(11-18-16(14)10-13)12-6-4-2-3-5-7-12/h8-11H,2-7H2,1H3,(H,18,19);8-12H,2-7H2,1H3. The quantitative estimate of drug-likeness (QED) is 0.245. The van der Waals surface area contributed by atoms with E-state index in [0.29, 0.717) is 10.8 Å². The second kappa shape index (κ2) is 13.2. The molecule has 0 amide bonds. The summed E-state index contributed by atoms with van der Waals surface area (Å²) in [5.41, 5.74) is 2.65. The van der Waals surface area contributed by atoms with Crippen molar-refractivity contribution >= 4 is 48.8 Å². The number of fused-ring (bicyclic) bond motifs is 2. The zero-order valence-corrected chi connectivity index (χ0v) is 24.8. The Bertz CT molecular complexity index is 1390. The van der Waals surface area contributed by atoms with Gasteiger partial charge in [0.05, 0.1) is 14.2 Å². The van der Waals surface area contributed by atoms with Gasteiger partial charge in [0.15, 0.2) is 0 Å². The van der Waals surface area contributed by atoms with Gasteiger partial charge < -0.3 is 14.6 Å². The minimum atomic E-state index is -0.797. The highest BCUT2D eigenvalue weighted by Gasteiger charge is 2.25. The SMILES string of the molecule is COc1ccc2c(C3CCCCCC3)c(C(=O)O)sc2c1.COc1ccc2c(C3CCCCCC3)csc2c1. The fourth-order valence-corrected chi connectivity index (χ4v) is 8.65. The molecule has 0 radical (unpaired) electrons. The van der Waals surface area contributed by atoms with E-state index in [1.165, 1.54) is 85.6 Å². The molecule has 2 fully saturated rings. The first-order chi connectivity index (χ1) is 19.1. The summed E-state index contributed by atoms with van der Waals surface area (Å²) in [5, 5.41) is 14.5. The number of carbonyl (C=O) groups is 1. The first-order valence-electron chi connectivity index (χ1n) is 14.5. The lowest BCUT2D eigenvalue weighted by atomic mass is 9.89. The predicted octanol–water partition coefficient (Wildman–Crippen LogP) is 10.4. The molecule has 2 aliphatic rings. The molecule has 6 rings (SSSR count). The number of carboxylic acids is 1. The van der Waals surface area contributed by atoms with E-state index in [1.807, 2.05) is 29.5 Å². The summed E-state index contributed by atoms with van der Waals surface area (Å²) >= 11 is 3.25. The van der Waals surface area contributed by atoms with Gasteiger partial charge in [-0.3, -0.25) is 0 Å². The highest BCUT2D eigenvalue weighted by atomic mass is 32.1. The summed E-state index contributed by atoms with van der Waals surface area (Å²) in [4.78, 5) is 12.2. The minimum absolute atomic E-state index is 0.390. The number of hydrogen-bond donors (Lipinski definition) is 1. The molecule has 2 aromatic heterocycles. The lowest BCUT2D eigenvalue weighted by Gasteiger charge is -2.15. The topological polar surface area (TPSA) is 55.8 Å².